The Kier molecular flexibility index (Phi) is 43.3. The van der Waals surface area contributed by atoms with Gasteiger partial charge >= 0.3 is 0 Å². The fourth-order valence-corrected chi connectivity index (χ4v) is 2.10. The van der Waals surface area contributed by atoms with E-state index in [9.17, 15) is 10.2 Å². The topological polar surface area (TPSA) is 136 Å². The van der Waals surface area contributed by atoms with Gasteiger partial charge in [0.2, 0.25) is 0 Å². The molecule has 0 bridgehead atoms. The van der Waals surface area contributed by atoms with Gasteiger partial charge in [0.25, 0.3) is 0 Å². The maximum Gasteiger partial charge on any atom is 0.0765 e. The molecule has 0 heterocycles. The van der Waals surface area contributed by atoms with Crippen molar-refractivity contribution in [2.45, 2.75) is 50.4 Å². The summed E-state index contributed by atoms with van der Waals surface area (Å²) in [5.41, 5.74) is 0. The van der Waals surface area contributed by atoms with Crippen molar-refractivity contribution in [3.63, 3.8) is 0 Å². The van der Waals surface area contributed by atoms with Gasteiger partial charge in [-0.1, -0.05) is 0 Å². The Bertz CT molecular complexity index is 314. The molecule has 0 saturated heterocycles. The summed E-state index contributed by atoms with van der Waals surface area (Å²) in [4.78, 5) is 0. The third-order valence-electron chi connectivity index (χ3n) is 3.78. The van der Waals surface area contributed by atoms with Crippen LogP contribution in [0.3, 0.4) is 0 Å². The predicted molar refractivity (Wildman–Crippen MR) is 121 cm³/mol. The van der Waals surface area contributed by atoms with Gasteiger partial charge in [-0.3, -0.25) is 0 Å². The molecule has 0 aliphatic carbocycles. The minimum absolute atomic E-state index is 0. The van der Waals surface area contributed by atoms with Crippen molar-refractivity contribution in [3.05, 3.63) is 28.8 Å². The third kappa shape index (κ3) is 36.9. The van der Waals surface area contributed by atoms with Crippen molar-refractivity contribution in [1.29, 1.82) is 0 Å². The van der Waals surface area contributed by atoms with E-state index in [1.54, 1.807) is 0 Å². The van der Waals surface area contributed by atoms with E-state index in [0.29, 0.717) is 58.9 Å². The van der Waals surface area contributed by atoms with E-state index < -0.39 is 18.3 Å². The van der Waals surface area contributed by atoms with Crippen LogP contribution in [-0.2, 0) is 28.4 Å². The molecule has 0 amide bonds. The van der Waals surface area contributed by atoms with E-state index in [1.165, 1.54) is 0 Å². The van der Waals surface area contributed by atoms with E-state index in [1.807, 2.05) is 0 Å². The van der Waals surface area contributed by atoms with Crippen LogP contribution < -0.4 is 0 Å². The number of ether oxygens (including phenoxy) is 6. The van der Waals surface area contributed by atoms with Crippen molar-refractivity contribution >= 4 is 0 Å². The molecule has 0 aliphatic rings. The van der Waals surface area contributed by atoms with E-state index in [2.05, 4.69) is 35.5 Å². The van der Waals surface area contributed by atoms with Gasteiger partial charge in [-0.15, -0.1) is 0 Å². The molecule has 0 rings (SSSR count). The fraction of sp³-hybridized carbons (Fsp3) is 0.818. The number of hydrogen-bond acceptors (Lipinski definition) is 10. The number of rotatable bonds is 22. The van der Waals surface area contributed by atoms with Crippen LogP contribution in [0.4, 0.5) is 0 Å². The first-order valence-corrected chi connectivity index (χ1v) is 10.5. The molecule has 0 aromatic carbocycles. The van der Waals surface area contributed by atoms with Crippen LogP contribution >= 0.6 is 0 Å². The normalized spacial score (nSPS) is 12.8. The average molecular weight is 1000 g/mol. The Labute approximate surface area is 194 Å². The summed E-state index contributed by atoms with van der Waals surface area (Å²) in [7, 11) is 9.53. The molecule has 0 saturated carbocycles. The molecule has 12 heteroatoms. The molecule has 0 spiro atoms. The number of aliphatic hydroxyl groups excluding tert-OH is 4. The monoisotopic (exact) mass is 1000 g/mol. The van der Waals surface area contributed by atoms with Crippen LogP contribution in [0.25, 0.3) is 0 Å². The number of aliphatic hydroxyl groups is 4. The van der Waals surface area contributed by atoms with Gasteiger partial charge in [0.05, 0.1) is 31.5 Å². The van der Waals surface area contributed by atoms with E-state index in [-0.39, 0.29) is 33.9 Å². The van der Waals surface area contributed by atoms with Crippen molar-refractivity contribution in [1.82, 2.24) is 0 Å². The first-order chi connectivity index (χ1) is 15.0. The van der Waals surface area contributed by atoms with Gasteiger partial charge in [-0.2, -0.15) is 0 Å². The van der Waals surface area contributed by atoms with E-state index in [4.69, 9.17) is 24.4 Å². The Morgan fingerprint density at radius 3 is 1.09 bits per heavy atom. The second kappa shape index (κ2) is 35.2. The zero-order valence-electron chi connectivity index (χ0n) is 21.1. The van der Waals surface area contributed by atoms with E-state index in [0.717, 1.165) is 12.8 Å². The minimum atomic E-state index is -0.522. The molecular weight excluding hydrogens is 958 g/mol. The van der Waals surface area contributed by atoms with Crippen LogP contribution in [0.2, 0.25) is 0 Å². The van der Waals surface area contributed by atoms with Crippen LogP contribution in [0.1, 0.15) is 32.1 Å². The summed E-state index contributed by atoms with van der Waals surface area (Å²) < 4.78 is 29.2. The Hall–Kier alpha value is -2.40. The van der Waals surface area contributed by atoms with Crippen molar-refractivity contribution in [3.8, 4) is 0 Å². The largest absolute Gasteiger partial charge is 0.553 e. The maximum absolute atomic E-state index is 9.33. The second-order valence-corrected chi connectivity index (χ2v) is 6.71. The van der Waals surface area contributed by atoms with Gasteiger partial charge in [0, 0.05) is 52.9 Å². The summed E-state index contributed by atoms with van der Waals surface area (Å²) in [6, 6.07) is 0. The molecule has 3 unspecified atom stereocenters. The van der Waals surface area contributed by atoms with Gasteiger partial charge < -0.3 is 56.3 Å². The van der Waals surface area contributed by atoms with Crippen molar-refractivity contribution < 1.29 is 48.8 Å². The zero-order valence-corrected chi connectivity index (χ0v) is 33.9. The van der Waals surface area contributed by atoms with Gasteiger partial charge in [0.15, 0.2) is 0 Å². The minimum Gasteiger partial charge on any atom is -0.553 e. The average Bonchev–Trinajstić information content (AvgIpc) is 2.73. The van der Waals surface area contributed by atoms with Crippen molar-refractivity contribution in [2.24, 2.45) is 0 Å². The fourth-order valence-electron chi connectivity index (χ4n) is 2.10. The Morgan fingerprint density at radius 2 is 0.824 bits per heavy atom. The summed E-state index contributed by atoms with van der Waals surface area (Å²) in [6.07, 6.45) is 1.89. The van der Waals surface area contributed by atoms with Crippen LogP contribution in [0.15, 0.2) is 0 Å². The van der Waals surface area contributed by atoms with Crippen molar-refractivity contribution in [2.75, 3.05) is 66.1 Å². The molecule has 10 nitrogen and oxygen atoms in total. The third-order valence-corrected chi connectivity index (χ3v) is 3.78. The molecule has 3 atom stereocenters. The summed E-state index contributed by atoms with van der Waals surface area (Å²) in [6.45, 7) is 3.81. The van der Waals surface area contributed by atoms with Gasteiger partial charge in [0.1, 0.15) is 0 Å². The summed E-state index contributed by atoms with van der Waals surface area (Å²) in [5.74, 6) is 0. The molecule has 0 aromatic rings. The zero-order chi connectivity index (χ0) is 23.6. The standard InChI is InChI=1S/C14H28O6.C7H15O4.CH3.2Rf/c1-17-11-13(15)5-9-19-7-3-4-8-20-10-6-14(16)12-18-2;1-10-6-7(9)2-4-11-5-3-8;;;/h13-16H,1-12H2;7-9H,1-6H2;1H3;;/q-2;2*-1;;. The molecule has 0 fully saturated rings. The molecule has 0 radical (unpaired) electrons. The Balaban J connectivity index is -0.000000173. The molecule has 0 aromatic heterocycles. The maximum atomic E-state index is 9.33. The molecule has 34 heavy (non-hydrogen) atoms. The summed E-state index contributed by atoms with van der Waals surface area (Å²) in [5, 5.41) is 36.0. The SMILES string of the molecule is [CH2-]OCC(O)CCOCCCCOCCC(O)CO[CH2-].[CH2-]OCC(O)CCOCCO.[CH3-].[Rf].[Rf]. The van der Waals surface area contributed by atoms with Crippen LogP contribution in [-0.4, -0.2) is 105 Å². The van der Waals surface area contributed by atoms with Crippen LogP contribution in [0.5, 0.6) is 0 Å². The number of unbranched alkanes of at least 4 members (excludes halogenated alkanes) is 1. The quantitative estimate of drug-likeness (QED) is 0.0918. The van der Waals surface area contributed by atoms with Gasteiger partial charge in [-0.05, 0) is 32.1 Å². The smallest absolute Gasteiger partial charge is 0.0765 e. The first kappa shape index (κ1) is 41.8. The van der Waals surface area contributed by atoms with E-state index >= 15 is 0 Å². The summed E-state index contributed by atoms with van der Waals surface area (Å²) >= 11 is 0. The molecule has 202 valence electrons. The van der Waals surface area contributed by atoms with Crippen LogP contribution in [0, 0.1) is 28.8 Å². The molecule has 4 N–H and O–H groups in total. The Morgan fingerprint density at radius 1 is 0.529 bits per heavy atom. The molecule has 0 aliphatic heterocycles. The molecular formula is C22H46O10Rf2-4. The second-order valence-electron chi connectivity index (χ2n) is 6.71. The van der Waals surface area contributed by atoms with Gasteiger partial charge in [-0.25, -0.2) is 21.3 Å². The first-order valence-electron chi connectivity index (χ1n) is 10.5. The predicted octanol–water partition coefficient (Wildman–Crippen LogP) is 0.923. The number of hydrogen-bond donors (Lipinski definition) is 4.